The fraction of sp³-hybridized carbons (Fsp3) is 0.227. The van der Waals surface area contributed by atoms with E-state index in [4.69, 9.17) is 4.74 Å². The average molecular weight is 343 g/mol. The zero-order valence-corrected chi connectivity index (χ0v) is 15.1. The quantitative estimate of drug-likeness (QED) is 0.658. The summed E-state index contributed by atoms with van der Waals surface area (Å²) >= 11 is 0. The van der Waals surface area contributed by atoms with Gasteiger partial charge in [0, 0.05) is 12.0 Å². The number of aromatic nitrogens is 2. The second-order valence-corrected chi connectivity index (χ2v) is 6.09. The van der Waals surface area contributed by atoms with Gasteiger partial charge in [0.25, 0.3) is 0 Å². The molecule has 0 saturated heterocycles. The van der Waals surface area contributed by atoms with Crippen molar-refractivity contribution in [1.29, 1.82) is 5.26 Å². The van der Waals surface area contributed by atoms with Crippen LogP contribution in [0.2, 0.25) is 0 Å². The van der Waals surface area contributed by atoms with E-state index in [1.807, 2.05) is 24.3 Å². The third kappa shape index (κ3) is 3.73. The number of hydrogen-bond donors (Lipinski definition) is 0. The molecule has 0 amide bonds. The van der Waals surface area contributed by atoms with E-state index in [-0.39, 0.29) is 0 Å². The van der Waals surface area contributed by atoms with Crippen LogP contribution in [0.4, 0.5) is 0 Å². The maximum Gasteiger partial charge on any atom is 0.219 e. The predicted molar refractivity (Wildman–Crippen MR) is 102 cm³/mol. The van der Waals surface area contributed by atoms with Gasteiger partial charge < -0.3 is 4.74 Å². The number of methoxy groups -OCH3 is 1. The van der Waals surface area contributed by atoms with E-state index in [0.29, 0.717) is 11.4 Å². The summed E-state index contributed by atoms with van der Waals surface area (Å²) in [5.41, 5.74) is 5.92. The van der Waals surface area contributed by atoms with Crippen LogP contribution in [0, 0.1) is 11.3 Å². The topological polar surface area (TPSA) is 58.8 Å². The molecule has 2 aromatic carbocycles. The maximum absolute atomic E-state index is 9.29. The molecule has 0 atom stereocenters. The zero-order valence-electron chi connectivity index (χ0n) is 15.1. The van der Waals surface area contributed by atoms with Crippen LogP contribution in [0.25, 0.3) is 11.1 Å². The summed E-state index contributed by atoms with van der Waals surface area (Å²) in [5.74, 6) is 0.641. The van der Waals surface area contributed by atoms with E-state index in [1.54, 1.807) is 13.4 Å². The Bertz CT molecular complexity index is 927. The SMILES string of the molecule is CCCc1ncnc(OC)c1Cc1ccc(-c2ccccc2C#N)cc1. The minimum Gasteiger partial charge on any atom is -0.481 e. The van der Waals surface area contributed by atoms with Gasteiger partial charge in [-0.05, 0) is 29.2 Å². The highest BCUT2D eigenvalue weighted by Crippen LogP contribution is 2.26. The fourth-order valence-electron chi connectivity index (χ4n) is 3.07. The molecule has 0 unspecified atom stereocenters. The normalized spacial score (nSPS) is 10.3. The van der Waals surface area contributed by atoms with Gasteiger partial charge in [0.05, 0.1) is 24.4 Å². The molecule has 0 aliphatic carbocycles. The van der Waals surface area contributed by atoms with Crippen molar-refractivity contribution in [3.63, 3.8) is 0 Å². The van der Waals surface area contributed by atoms with Gasteiger partial charge in [-0.1, -0.05) is 55.8 Å². The Labute approximate surface area is 154 Å². The Morgan fingerprint density at radius 3 is 2.50 bits per heavy atom. The summed E-state index contributed by atoms with van der Waals surface area (Å²) in [6, 6.07) is 18.2. The lowest BCUT2D eigenvalue weighted by Gasteiger charge is -2.12. The lowest BCUT2D eigenvalue weighted by atomic mass is 9.97. The van der Waals surface area contributed by atoms with Crippen molar-refractivity contribution >= 4 is 0 Å². The Hall–Kier alpha value is -3.19. The Balaban J connectivity index is 1.90. The number of benzene rings is 2. The molecule has 0 saturated carbocycles. The molecular weight excluding hydrogens is 322 g/mol. The van der Waals surface area contributed by atoms with Crippen LogP contribution < -0.4 is 4.74 Å². The lowest BCUT2D eigenvalue weighted by molar-refractivity contribution is 0.391. The number of nitriles is 1. The molecule has 0 bridgehead atoms. The molecule has 3 aromatic rings. The largest absolute Gasteiger partial charge is 0.481 e. The van der Waals surface area contributed by atoms with Gasteiger partial charge in [0.15, 0.2) is 0 Å². The highest BCUT2D eigenvalue weighted by Gasteiger charge is 2.12. The van der Waals surface area contributed by atoms with Gasteiger partial charge in [-0.15, -0.1) is 0 Å². The molecule has 0 spiro atoms. The standard InChI is InChI=1S/C22H21N3O/c1-3-6-21-20(22(26-2)25-15-24-21)13-16-9-11-17(12-10-16)19-8-5-4-7-18(19)14-23/h4-5,7-12,15H,3,6,13H2,1-2H3. The van der Waals surface area contributed by atoms with Crippen molar-refractivity contribution in [2.24, 2.45) is 0 Å². The van der Waals surface area contributed by atoms with Crippen molar-refractivity contribution < 1.29 is 4.74 Å². The minimum atomic E-state index is 0.641. The molecule has 4 heteroatoms. The lowest BCUT2D eigenvalue weighted by Crippen LogP contribution is -2.04. The molecule has 4 nitrogen and oxygen atoms in total. The molecule has 26 heavy (non-hydrogen) atoms. The van der Waals surface area contributed by atoms with E-state index >= 15 is 0 Å². The number of hydrogen-bond acceptors (Lipinski definition) is 4. The average Bonchev–Trinajstić information content (AvgIpc) is 2.70. The molecule has 1 heterocycles. The highest BCUT2D eigenvalue weighted by atomic mass is 16.5. The summed E-state index contributed by atoms with van der Waals surface area (Å²) in [6.07, 6.45) is 4.22. The molecule has 0 N–H and O–H groups in total. The monoisotopic (exact) mass is 343 g/mol. The third-order valence-corrected chi connectivity index (χ3v) is 4.37. The van der Waals surface area contributed by atoms with Crippen molar-refractivity contribution in [3.8, 4) is 23.1 Å². The molecule has 0 radical (unpaired) electrons. The first kappa shape index (κ1) is 17.6. The number of ether oxygens (including phenoxy) is 1. The number of rotatable bonds is 6. The minimum absolute atomic E-state index is 0.641. The molecule has 130 valence electrons. The van der Waals surface area contributed by atoms with Crippen molar-refractivity contribution in [3.05, 3.63) is 77.2 Å². The Kier molecular flexibility index (Phi) is 5.60. The van der Waals surface area contributed by atoms with Crippen LogP contribution in [-0.4, -0.2) is 17.1 Å². The molecule has 0 aliphatic rings. The van der Waals surface area contributed by atoms with Gasteiger partial charge in [0.1, 0.15) is 6.33 Å². The molecule has 1 aromatic heterocycles. The predicted octanol–water partition coefficient (Wildman–Crippen LogP) is 4.57. The van der Waals surface area contributed by atoms with Crippen LogP contribution >= 0.6 is 0 Å². The van der Waals surface area contributed by atoms with Gasteiger partial charge in [-0.2, -0.15) is 5.26 Å². The second-order valence-electron chi connectivity index (χ2n) is 6.09. The van der Waals surface area contributed by atoms with Gasteiger partial charge in [0.2, 0.25) is 5.88 Å². The Morgan fingerprint density at radius 1 is 1.04 bits per heavy atom. The summed E-state index contributed by atoms with van der Waals surface area (Å²) in [7, 11) is 1.64. The van der Waals surface area contributed by atoms with Crippen LogP contribution in [-0.2, 0) is 12.8 Å². The van der Waals surface area contributed by atoms with E-state index in [9.17, 15) is 5.26 Å². The smallest absolute Gasteiger partial charge is 0.219 e. The summed E-state index contributed by atoms with van der Waals surface area (Å²) in [5, 5.41) is 9.29. The van der Waals surface area contributed by atoms with Crippen molar-refractivity contribution in [1.82, 2.24) is 9.97 Å². The maximum atomic E-state index is 9.29. The summed E-state index contributed by atoms with van der Waals surface area (Å²) in [6.45, 7) is 2.14. The van der Waals surface area contributed by atoms with E-state index in [1.165, 1.54) is 0 Å². The van der Waals surface area contributed by atoms with Gasteiger partial charge in [-0.3, -0.25) is 0 Å². The molecule has 0 aliphatic heterocycles. The van der Waals surface area contributed by atoms with Crippen molar-refractivity contribution in [2.45, 2.75) is 26.2 Å². The summed E-state index contributed by atoms with van der Waals surface area (Å²) < 4.78 is 5.44. The van der Waals surface area contributed by atoms with E-state index in [0.717, 1.165) is 47.2 Å². The first-order valence-electron chi connectivity index (χ1n) is 8.72. The van der Waals surface area contributed by atoms with E-state index in [2.05, 4.69) is 47.2 Å². The second kappa shape index (κ2) is 8.26. The number of nitrogens with zero attached hydrogens (tertiary/aromatic N) is 3. The van der Waals surface area contributed by atoms with Crippen LogP contribution in [0.3, 0.4) is 0 Å². The van der Waals surface area contributed by atoms with Crippen molar-refractivity contribution in [2.75, 3.05) is 7.11 Å². The molecule has 3 rings (SSSR count). The Morgan fingerprint density at radius 2 is 1.81 bits per heavy atom. The van der Waals surface area contributed by atoms with E-state index < -0.39 is 0 Å². The molecular formula is C22H21N3O. The fourth-order valence-corrected chi connectivity index (χ4v) is 3.07. The first-order valence-corrected chi connectivity index (χ1v) is 8.72. The zero-order chi connectivity index (χ0) is 18.4. The van der Waals surface area contributed by atoms with Crippen LogP contribution in [0.15, 0.2) is 54.9 Å². The third-order valence-electron chi connectivity index (χ3n) is 4.37. The first-order chi connectivity index (χ1) is 12.8. The molecule has 0 fully saturated rings. The number of aryl methyl sites for hydroxylation is 1. The highest BCUT2D eigenvalue weighted by molar-refractivity contribution is 5.70. The van der Waals surface area contributed by atoms with Crippen LogP contribution in [0.5, 0.6) is 5.88 Å². The summed E-state index contributed by atoms with van der Waals surface area (Å²) in [4.78, 5) is 8.69. The van der Waals surface area contributed by atoms with Gasteiger partial charge >= 0.3 is 0 Å². The van der Waals surface area contributed by atoms with Crippen LogP contribution in [0.1, 0.15) is 35.7 Å². The van der Waals surface area contributed by atoms with Gasteiger partial charge in [-0.25, -0.2) is 9.97 Å².